The molecule has 1 amide bonds. The maximum Gasteiger partial charge on any atom is 0.271 e. The molecule has 0 aliphatic carbocycles. The third kappa shape index (κ3) is 3.61. The van der Waals surface area contributed by atoms with Crippen LogP contribution in [-0.4, -0.2) is 25.9 Å². The number of aromatic amines is 1. The van der Waals surface area contributed by atoms with Crippen molar-refractivity contribution in [2.75, 3.05) is 0 Å². The predicted molar refractivity (Wildman–Crippen MR) is 104 cm³/mol. The van der Waals surface area contributed by atoms with Crippen LogP contribution in [0.5, 0.6) is 0 Å². The molecule has 7 heteroatoms. The fourth-order valence-electron chi connectivity index (χ4n) is 2.79. The molecule has 134 valence electrons. The van der Waals surface area contributed by atoms with Crippen molar-refractivity contribution in [2.24, 2.45) is 0 Å². The molecule has 0 aliphatic rings. The first-order valence-corrected chi connectivity index (χ1v) is 8.76. The first-order chi connectivity index (χ1) is 13.2. The largest absolute Gasteiger partial charge is 0.346 e. The van der Waals surface area contributed by atoms with E-state index in [4.69, 9.17) is 16.7 Å². The van der Waals surface area contributed by atoms with Crippen molar-refractivity contribution in [3.8, 4) is 16.9 Å². The lowest BCUT2D eigenvalue weighted by molar-refractivity contribution is 0.0946. The highest BCUT2D eigenvalue weighted by atomic mass is 35.5. The van der Waals surface area contributed by atoms with Gasteiger partial charge in [-0.1, -0.05) is 60.1 Å². The second kappa shape index (κ2) is 7.47. The van der Waals surface area contributed by atoms with Gasteiger partial charge in [-0.25, -0.2) is 4.68 Å². The summed E-state index contributed by atoms with van der Waals surface area (Å²) in [5, 5.41) is 14.3. The number of amides is 1. The molecule has 2 heterocycles. The molecule has 0 unspecified atom stereocenters. The topological polar surface area (TPSA) is 75.6 Å². The van der Waals surface area contributed by atoms with E-state index in [0.29, 0.717) is 6.54 Å². The molecule has 0 bridgehead atoms. The zero-order valence-electron chi connectivity index (χ0n) is 14.3. The van der Waals surface area contributed by atoms with Crippen LogP contribution in [0.25, 0.3) is 16.9 Å². The third-order valence-electron chi connectivity index (χ3n) is 4.12. The van der Waals surface area contributed by atoms with Gasteiger partial charge in [0.2, 0.25) is 0 Å². The van der Waals surface area contributed by atoms with Crippen molar-refractivity contribution in [1.82, 2.24) is 25.3 Å². The number of rotatable bonds is 5. The van der Waals surface area contributed by atoms with Gasteiger partial charge < -0.3 is 5.32 Å². The Morgan fingerprint density at radius 3 is 2.44 bits per heavy atom. The highest BCUT2D eigenvalue weighted by Crippen LogP contribution is 2.23. The van der Waals surface area contributed by atoms with Gasteiger partial charge in [0.25, 0.3) is 5.91 Å². The highest BCUT2D eigenvalue weighted by molar-refractivity contribution is 6.33. The number of aromatic nitrogens is 4. The second-order valence-corrected chi connectivity index (χ2v) is 6.33. The molecule has 4 aromatic rings. The lowest BCUT2D eigenvalue weighted by Gasteiger charge is -2.04. The van der Waals surface area contributed by atoms with Crippen molar-refractivity contribution in [3.05, 3.63) is 89.3 Å². The van der Waals surface area contributed by atoms with Crippen LogP contribution in [-0.2, 0) is 6.54 Å². The van der Waals surface area contributed by atoms with Crippen LogP contribution >= 0.6 is 11.6 Å². The molecule has 0 fully saturated rings. The number of hydrogen-bond donors (Lipinski definition) is 2. The van der Waals surface area contributed by atoms with Gasteiger partial charge in [0.05, 0.1) is 22.6 Å². The Labute approximate surface area is 160 Å². The maximum atomic E-state index is 12.3. The average molecular weight is 378 g/mol. The van der Waals surface area contributed by atoms with E-state index in [2.05, 4.69) is 15.5 Å². The number of para-hydroxylation sites is 1. The predicted octanol–water partition coefficient (Wildman–Crippen LogP) is 3.85. The van der Waals surface area contributed by atoms with Gasteiger partial charge in [0.15, 0.2) is 0 Å². The van der Waals surface area contributed by atoms with E-state index in [-0.39, 0.29) is 16.6 Å². The van der Waals surface area contributed by atoms with Crippen molar-refractivity contribution < 1.29 is 4.79 Å². The van der Waals surface area contributed by atoms with Gasteiger partial charge in [-0.05, 0) is 12.1 Å². The molecule has 27 heavy (non-hydrogen) atoms. The summed E-state index contributed by atoms with van der Waals surface area (Å²) >= 11 is 5.96. The fourth-order valence-corrected chi connectivity index (χ4v) is 2.96. The van der Waals surface area contributed by atoms with E-state index in [1.165, 1.54) is 6.20 Å². The molecule has 4 rings (SSSR count). The third-order valence-corrected chi connectivity index (χ3v) is 4.40. The number of H-pyrrole nitrogens is 1. The van der Waals surface area contributed by atoms with Gasteiger partial charge in [-0.15, -0.1) is 0 Å². The number of benzene rings is 2. The van der Waals surface area contributed by atoms with Crippen LogP contribution in [0.15, 0.2) is 73.1 Å². The number of carbonyl (C=O) groups excluding carboxylic acids is 1. The van der Waals surface area contributed by atoms with Crippen molar-refractivity contribution in [1.29, 1.82) is 0 Å². The number of nitrogens with one attached hydrogen (secondary N) is 2. The summed E-state index contributed by atoms with van der Waals surface area (Å²) in [7, 11) is 0. The Morgan fingerprint density at radius 1 is 1.07 bits per heavy atom. The highest BCUT2D eigenvalue weighted by Gasteiger charge is 2.16. The molecule has 2 aromatic heterocycles. The summed E-state index contributed by atoms with van der Waals surface area (Å²) in [6.45, 7) is 0.311. The molecule has 0 aliphatic heterocycles. The van der Waals surface area contributed by atoms with Crippen LogP contribution in [0.1, 0.15) is 16.1 Å². The molecule has 0 radical (unpaired) electrons. The van der Waals surface area contributed by atoms with E-state index in [9.17, 15) is 4.79 Å². The second-order valence-electron chi connectivity index (χ2n) is 5.92. The lowest BCUT2D eigenvalue weighted by atomic mass is 10.1. The van der Waals surface area contributed by atoms with E-state index in [1.807, 2.05) is 71.5 Å². The summed E-state index contributed by atoms with van der Waals surface area (Å²) < 4.78 is 1.81. The van der Waals surface area contributed by atoms with E-state index < -0.39 is 0 Å². The van der Waals surface area contributed by atoms with Gasteiger partial charge in [0, 0.05) is 23.9 Å². The fraction of sp³-hybridized carbons (Fsp3) is 0.0500. The normalized spacial score (nSPS) is 10.7. The Morgan fingerprint density at radius 2 is 1.78 bits per heavy atom. The van der Waals surface area contributed by atoms with E-state index in [0.717, 1.165) is 22.5 Å². The number of hydrogen-bond acceptors (Lipinski definition) is 3. The molecule has 0 saturated carbocycles. The summed E-state index contributed by atoms with van der Waals surface area (Å²) in [5.74, 6) is -0.316. The zero-order valence-corrected chi connectivity index (χ0v) is 15.0. The Kier molecular flexibility index (Phi) is 4.72. The molecule has 2 aromatic carbocycles. The smallest absolute Gasteiger partial charge is 0.271 e. The number of nitrogens with zero attached hydrogens (tertiary/aromatic N) is 3. The van der Waals surface area contributed by atoms with E-state index in [1.54, 1.807) is 0 Å². The van der Waals surface area contributed by atoms with Crippen LogP contribution in [0.2, 0.25) is 5.02 Å². The first-order valence-electron chi connectivity index (χ1n) is 8.39. The van der Waals surface area contributed by atoms with Crippen molar-refractivity contribution in [2.45, 2.75) is 6.54 Å². The number of halogens is 1. The molecular weight excluding hydrogens is 362 g/mol. The van der Waals surface area contributed by atoms with Crippen molar-refractivity contribution >= 4 is 17.5 Å². The van der Waals surface area contributed by atoms with E-state index >= 15 is 0 Å². The molecule has 0 spiro atoms. The average Bonchev–Trinajstić information content (AvgIpc) is 3.34. The SMILES string of the molecule is O=C(NCc1cn(-c2ccccc2)nc1-c1ccccc1)c1[nH]ncc1Cl. The minimum Gasteiger partial charge on any atom is -0.346 e. The summed E-state index contributed by atoms with van der Waals surface area (Å²) in [6, 6.07) is 19.7. The minimum atomic E-state index is -0.316. The van der Waals surface area contributed by atoms with Gasteiger partial charge in [0.1, 0.15) is 5.69 Å². The van der Waals surface area contributed by atoms with Gasteiger partial charge >= 0.3 is 0 Å². The van der Waals surface area contributed by atoms with Crippen molar-refractivity contribution in [3.63, 3.8) is 0 Å². The summed E-state index contributed by atoms with van der Waals surface area (Å²) in [6.07, 6.45) is 3.33. The summed E-state index contributed by atoms with van der Waals surface area (Å²) in [4.78, 5) is 12.3. The Balaban J connectivity index is 1.65. The first kappa shape index (κ1) is 17.1. The minimum absolute atomic E-state index is 0.244. The molecule has 6 nitrogen and oxygen atoms in total. The Hall–Kier alpha value is -3.38. The van der Waals surface area contributed by atoms with Gasteiger partial charge in [-0.2, -0.15) is 10.2 Å². The Bertz CT molecular complexity index is 1060. The van der Waals surface area contributed by atoms with Crippen LogP contribution in [0, 0.1) is 0 Å². The quantitative estimate of drug-likeness (QED) is 0.554. The van der Waals surface area contributed by atoms with Gasteiger partial charge in [-0.3, -0.25) is 9.89 Å². The molecule has 0 saturated heterocycles. The monoisotopic (exact) mass is 377 g/mol. The molecule has 2 N–H and O–H groups in total. The van der Waals surface area contributed by atoms with Crippen LogP contribution in [0.3, 0.4) is 0 Å². The molecular formula is C20H16ClN5O. The standard InChI is InChI=1S/C20H16ClN5O/c21-17-12-23-24-19(17)20(27)22-11-15-13-26(16-9-5-2-6-10-16)25-18(15)14-7-3-1-4-8-14/h1-10,12-13H,11H2,(H,22,27)(H,23,24). The lowest BCUT2D eigenvalue weighted by Crippen LogP contribution is -2.23. The number of carbonyl (C=O) groups is 1. The zero-order chi connectivity index (χ0) is 18.6. The maximum absolute atomic E-state index is 12.3. The molecule has 0 atom stereocenters. The van der Waals surface area contributed by atoms with Crippen LogP contribution in [0.4, 0.5) is 0 Å². The van der Waals surface area contributed by atoms with Crippen LogP contribution < -0.4 is 5.32 Å². The summed E-state index contributed by atoms with van der Waals surface area (Å²) in [5.41, 5.74) is 3.89.